The summed E-state index contributed by atoms with van der Waals surface area (Å²) in [7, 11) is 1.79. The summed E-state index contributed by atoms with van der Waals surface area (Å²) in [5, 5.41) is 5.51. The molecule has 5 heteroatoms. The van der Waals surface area contributed by atoms with E-state index in [1.165, 1.54) is 0 Å². The molecule has 1 aromatic rings. The van der Waals surface area contributed by atoms with Crippen molar-refractivity contribution in [2.24, 2.45) is 7.05 Å². The smallest absolute Gasteiger partial charge is 0.268 e. The molecule has 0 aliphatic carbocycles. The van der Waals surface area contributed by atoms with E-state index in [1.54, 1.807) is 36.9 Å². The van der Waals surface area contributed by atoms with Crippen molar-refractivity contribution in [2.75, 3.05) is 0 Å². The highest BCUT2D eigenvalue weighted by molar-refractivity contribution is 5.96. The first-order chi connectivity index (χ1) is 8.45. The van der Waals surface area contributed by atoms with Gasteiger partial charge < -0.3 is 15.2 Å². The van der Waals surface area contributed by atoms with E-state index < -0.39 is 6.04 Å². The lowest BCUT2D eigenvalue weighted by molar-refractivity contribution is -0.123. The molecule has 0 aromatic carbocycles. The summed E-state index contributed by atoms with van der Waals surface area (Å²) in [6.07, 6.45) is 2.66. The van der Waals surface area contributed by atoms with Crippen molar-refractivity contribution < 1.29 is 9.59 Å². The lowest BCUT2D eigenvalue weighted by Gasteiger charge is -2.17. The molecule has 0 unspecified atom stereocenters. The van der Waals surface area contributed by atoms with Gasteiger partial charge in [0.2, 0.25) is 5.91 Å². The average molecular weight is 251 g/mol. The number of rotatable bonds is 5. The van der Waals surface area contributed by atoms with Crippen LogP contribution in [0.5, 0.6) is 0 Å². The summed E-state index contributed by atoms with van der Waals surface area (Å²) >= 11 is 0. The molecule has 2 N–H and O–H groups in total. The molecule has 18 heavy (non-hydrogen) atoms. The normalized spacial score (nSPS) is 13.8. The summed E-state index contributed by atoms with van der Waals surface area (Å²) in [6.45, 7) is 5.61. The van der Waals surface area contributed by atoms with Crippen molar-refractivity contribution in [3.63, 3.8) is 0 Å². The Morgan fingerprint density at radius 2 is 2.00 bits per heavy atom. The van der Waals surface area contributed by atoms with Gasteiger partial charge in [0.05, 0.1) is 0 Å². The molecule has 2 amide bonds. The number of nitrogens with one attached hydrogen (secondary N) is 2. The van der Waals surface area contributed by atoms with Crippen LogP contribution in [0.3, 0.4) is 0 Å². The SMILES string of the molecule is CC[C@@H](C)NC(=O)[C@H](C)NC(=O)c1cccn1C. The molecule has 100 valence electrons. The van der Waals surface area contributed by atoms with Crippen LogP contribution in [-0.2, 0) is 11.8 Å². The topological polar surface area (TPSA) is 63.1 Å². The van der Waals surface area contributed by atoms with Gasteiger partial charge in [-0.3, -0.25) is 9.59 Å². The van der Waals surface area contributed by atoms with E-state index in [2.05, 4.69) is 10.6 Å². The second-order valence-electron chi connectivity index (χ2n) is 4.52. The first kappa shape index (κ1) is 14.3. The molecule has 0 bridgehead atoms. The molecule has 0 aliphatic rings. The Morgan fingerprint density at radius 1 is 1.33 bits per heavy atom. The van der Waals surface area contributed by atoms with Gasteiger partial charge in [-0.05, 0) is 32.4 Å². The van der Waals surface area contributed by atoms with Gasteiger partial charge in [-0.25, -0.2) is 0 Å². The van der Waals surface area contributed by atoms with Gasteiger partial charge in [0.25, 0.3) is 5.91 Å². The maximum Gasteiger partial charge on any atom is 0.268 e. The zero-order valence-electron chi connectivity index (χ0n) is 11.4. The number of hydrogen-bond acceptors (Lipinski definition) is 2. The van der Waals surface area contributed by atoms with Crippen molar-refractivity contribution in [2.45, 2.75) is 39.3 Å². The van der Waals surface area contributed by atoms with Crippen LogP contribution in [0.2, 0.25) is 0 Å². The summed E-state index contributed by atoms with van der Waals surface area (Å²) in [6, 6.07) is 3.08. The van der Waals surface area contributed by atoms with E-state index in [9.17, 15) is 9.59 Å². The third kappa shape index (κ3) is 3.61. The number of hydrogen-bond donors (Lipinski definition) is 2. The monoisotopic (exact) mass is 251 g/mol. The minimum absolute atomic E-state index is 0.117. The molecule has 1 aromatic heterocycles. The highest BCUT2D eigenvalue weighted by Crippen LogP contribution is 2.00. The molecule has 0 fully saturated rings. The van der Waals surface area contributed by atoms with E-state index in [0.29, 0.717) is 5.69 Å². The van der Waals surface area contributed by atoms with Gasteiger partial charge in [-0.15, -0.1) is 0 Å². The van der Waals surface area contributed by atoms with Crippen molar-refractivity contribution in [3.8, 4) is 0 Å². The third-order valence-electron chi connectivity index (χ3n) is 2.92. The highest BCUT2D eigenvalue weighted by Gasteiger charge is 2.18. The Bertz CT molecular complexity index is 426. The average Bonchev–Trinajstić information content (AvgIpc) is 2.75. The van der Waals surface area contributed by atoms with Crippen molar-refractivity contribution >= 4 is 11.8 Å². The maximum absolute atomic E-state index is 11.9. The van der Waals surface area contributed by atoms with Gasteiger partial charge in [0, 0.05) is 19.3 Å². The number of carbonyl (C=O) groups excluding carboxylic acids is 2. The molecule has 0 radical (unpaired) electrons. The van der Waals surface area contributed by atoms with Gasteiger partial charge in [-0.1, -0.05) is 6.92 Å². The molecular formula is C13H21N3O2. The Balaban J connectivity index is 2.55. The van der Waals surface area contributed by atoms with Crippen LogP contribution in [0.15, 0.2) is 18.3 Å². The molecule has 0 saturated heterocycles. The molecular weight excluding hydrogens is 230 g/mol. The predicted molar refractivity (Wildman–Crippen MR) is 70.2 cm³/mol. The Morgan fingerprint density at radius 3 is 2.50 bits per heavy atom. The minimum Gasteiger partial charge on any atom is -0.352 e. The fourth-order valence-electron chi connectivity index (χ4n) is 1.50. The second kappa shape index (κ2) is 6.23. The van der Waals surface area contributed by atoms with E-state index >= 15 is 0 Å². The number of aryl methyl sites for hydroxylation is 1. The highest BCUT2D eigenvalue weighted by atomic mass is 16.2. The first-order valence-electron chi connectivity index (χ1n) is 6.18. The summed E-state index contributed by atoms with van der Waals surface area (Å²) in [4.78, 5) is 23.7. The molecule has 2 atom stereocenters. The van der Waals surface area contributed by atoms with Gasteiger partial charge in [0.15, 0.2) is 0 Å². The van der Waals surface area contributed by atoms with Crippen LogP contribution in [0.25, 0.3) is 0 Å². The van der Waals surface area contributed by atoms with Crippen LogP contribution in [-0.4, -0.2) is 28.5 Å². The van der Waals surface area contributed by atoms with Gasteiger partial charge >= 0.3 is 0 Å². The third-order valence-corrected chi connectivity index (χ3v) is 2.92. The summed E-state index contributed by atoms with van der Waals surface area (Å²) in [5.41, 5.74) is 0.540. The van der Waals surface area contributed by atoms with Crippen LogP contribution in [0.4, 0.5) is 0 Å². The quantitative estimate of drug-likeness (QED) is 0.822. The van der Waals surface area contributed by atoms with Crippen molar-refractivity contribution in [3.05, 3.63) is 24.0 Å². The van der Waals surface area contributed by atoms with Crippen molar-refractivity contribution in [1.82, 2.24) is 15.2 Å². The van der Waals surface area contributed by atoms with Crippen molar-refractivity contribution in [1.29, 1.82) is 0 Å². The Kier molecular flexibility index (Phi) is 4.95. The fraction of sp³-hybridized carbons (Fsp3) is 0.538. The molecule has 5 nitrogen and oxygen atoms in total. The van der Waals surface area contributed by atoms with E-state index in [0.717, 1.165) is 6.42 Å². The van der Waals surface area contributed by atoms with Gasteiger partial charge in [0.1, 0.15) is 11.7 Å². The Labute approximate surface area is 108 Å². The van der Waals surface area contributed by atoms with Crippen LogP contribution in [0, 0.1) is 0 Å². The zero-order valence-corrected chi connectivity index (χ0v) is 11.4. The standard InChI is InChI=1S/C13H21N3O2/c1-5-9(2)14-12(17)10(3)15-13(18)11-7-6-8-16(11)4/h6-10H,5H2,1-4H3,(H,14,17)(H,15,18)/t9-,10+/m1/s1. The molecule has 0 spiro atoms. The number of carbonyl (C=O) groups is 2. The largest absolute Gasteiger partial charge is 0.352 e. The van der Waals surface area contributed by atoms with Crippen LogP contribution < -0.4 is 10.6 Å². The molecule has 1 heterocycles. The molecule has 1 rings (SSSR count). The van der Waals surface area contributed by atoms with E-state index in [-0.39, 0.29) is 17.9 Å². The number of aromatic nitrogens is 1. The maximum atomic E-state index is 11.9. The van der Waals surface area contributed by atoms with Crippen LogP contribution >= 0.6 is 0 Å². The first-order valence-corrected chi connectivity index (χ1v) is 6.18. The van der Waals surface area contributed by atoms with Gasteiger partial charge in [-0.2, -0.15) is 0 Å². The fourth-order valence-corrected chi connectivity index (χ4v) is 1.50. The number of amides is 2. The Hall–Kier alpha value is -1.78. The molecule has 0 aliphatic heterocycles. The molecule has 0 saturated carbocycles. The summed E-state index contributed by atoms with van der Waals surface area (Å²) < 4.78 is 1.72. The lowest BCUT2D eigenvalue weighted by Crippen LogP contribution is -2.47. The second-order valence-corrected chi connectivity index (χ2v) is 4.52. The van der Waals surface area contributed by atoms with Crippen LogP contribution in [0.1, 0.15) is 37.7 Å². The number of nitrogens with zero attached hydrogens (tertiary/aromatic N) is 1. The van der Waals surface area contributed by atoms with E-state index in [1.807, 2.05) is 13.8 Å². The lowest BCUT2D eigenvalue weighted by atomic mass is 10.2. The predicted octanol–water partition coefficient (Wildman–Crippen LogP) is 1.06. The zero-order chi connectivity index (χ0) is 13.7. The minimum atomic E-state index is -0.540. The summed E-state index contributed by atoms with van der Waals surface area (Å²) in [5.74, 6) is -0.402. The van der Waals surface area contributed by atoms with E-state index in [4.69, 9.17) is 0 Å².